The molecule has 2 unspecified atom stereocenters. The van der Waals surface area contributed by atoms with E-state index in [1.165, 1.54) is 53.1 Å². The molecule has 192 valence electrons. The lowest BCUT2D eigenvalue weighted by Gasteiger charge is -2.16. The first-order valence-electron chi connectivity index (χ1n) is 11.3. The highest BCUT2D eigenvalue weighted by Crippen LogP contribution is 2.41. The molecule has 14 heteroatoms. The minimum absolute atomic E-state index is 0.0559. The molecule has 0 bridgehead atoms. The summed E-state index contributed by atoms with van der Waals surface area (Å²) >= 11 is 6.09. The van der Waals surface area contributed by atoms with Gasteiger partial charge in [-0.1, -0.05) is 11.6 Å². The van der Waals surface area contributed by atoms with Gasteiger partial charge in [-0.05, 0) is 46.3 Å². The van der Waals surface area contributed by atoms with Crippen molar-refractivity contribution in [3.63, 3.8) is 0 Å². The first kappa shape index (κ1) is 23.9. The summed E-state index contributed by atoms with van der Waals surface area (Å²) in [6.45, 7) is 0. The van der Waals surface area contributed by atoms with Crippen LogP contribution in [0.3, 0.4) is 0 Å². The van der Waals surface area contributed by atoms with Gasteiger partial charge in [-0.2, -0.15) is 9.07 Å². The van der Waals surface area contributed by atoms with E-state index < -0.39 is 29.5 Å². The van der Waals surface area contributed by atoms with E-state index in [-0.39, 0.29) is 27.5 Å². The van der Waals surface area contributed by atoms with Gasteiger partial charge in [0.1, 0.15) is 18.0 Å². The second-order valence-electron chi connectivity index (χ2n) is 8.62. The van der Waals surface area contributed by atoms with Crippen molar-refractivity contribution in [2.75, 3.05) is 12.8 Å². The van der Waals surface area contributed by atoms with Gasteiger partial charge in [0.05, 0.1) is 46.0 Å². The maximum Gasteiger partial charge on any atom is 0.252 e. The Kier molecular flexibility index (Phi) is 5.73. The number of aromatic nitrogens is 8. The number of aromatic amines is 1. The number of pyridine rings is 2. The fourth-order valence-electron chi connectivity index (χ4n) is 4.78. The van der Waals surface area contributed by atoms with E-state index in [4.69, 9.17) is 22.1 Å². The Balaban J connectivity index is 1.46. The first-order valence-corrected chi connectivity index (χ1v) is 11.7. The molecule has 0 saturated heterocycles. The molecule has 0 spiro atoms. The molecule has 5 heterocycles. The number of hydrogen-bond donors (Lipinski definition) is 2. The van der Waals surface area contributed by atoms with E-state index in [9.17, 15) is 9.18 Å². The van der Waals surface area contributed by atoms with Crippen molar-refractivity contribution in [1.82, 2.24) is 39.7 Å². The molecule has 2 atom stereocenters. The second kappa shape index (κ2) is 9.11. The van der Waals surface area contributed by atoms with Crippen LogP contribution in [-0.4, -0.2) is 46.8 Å². The van der Waals surface area contributed by atoms with Gasteiger partial charge in [0.25, 0.3) is 5.56 Å². The fraction of sp³-hybridized carbons (Fsp3) is 0.167. The molecule has 38 heavy (non-hydrogen) atoms. The normalized spacial score (nSPS) is 16.6. The summed E-state index contributed by atoms with van der Waals surface area (Å²) in [4.78, 5) is 24.6. The molecular weight excluding hydrogens is 520 g/mol. The van der Waals surface area contributed by atoms with Crippen molar-refractivity contribution in [2.45, 2.75) is 18.6 Å². The van der Waals surface area contributed by atoms with E-state index in [1.807, 2.05) is 0 Å². The number of nitrogens with one attached hydrogen (secondary N) is 1. The van der Waals surface area contributed by atoms with Crippen LogP contribution in [0.4, 0.5) is 14.6 Å². The standard InChI is InChI=1S/C24H18ClF2N9O2/c1-38-18-8-17(24-29-9-14(31-24)12-2-5-19(28)32-23(12)27)36-16(18)6-11(7-20(36)37)21-15(35-10-30-33-34-35)4-3-13(25)22(21)26/h2-7,9-10,17-18H,8H2,1H3,(H2,28,32)(H,29,31). The van der Waals surface area contributed by atoms with Gasteiger partial charge in [-0.15, -0.1) is 5.10 Å². The number of anilines is 1. The van der Waals surface area contributed by atoms with Gasteiger partial charge < -0.3 is 15.5 Å². The van der Waals surface area contributed by atoms with Crippen LogP contribution in [0.15, 0.2) is 53.7 Å². The molecule has 1 aromatic carbocycles. The SMILES string of the molecule is COC1CC(c2ncc(-c3ccc(N)nc3F)[nH]2)n2c1cc(-c1c(-n3cnnn3)ccc(Cl)c1F)cc2=O. The number of imidazole rings is 1. The molecule has 6 rings (SSSR count). The molecule has 1 aliphatic heterocycles. The zero-order chi connectivity index (χ0) is 26.6. The van der Waals surface area contributed by atoms with Crippen LogP contribution in [0.5, 0.6) is 0 Å². The van der Waals surface area contributed by atoms with Crippen LogP contribution in [0.25, 0.3) is 28.1 Å². The van der Waals surface area contributed by atoms with Gasteiger partial charge in [0.15, 0.2) is 5.82 Å². The molecule has 11 nitrogen and oxygen atoms in total. The van der Waals surface area contributed by atoms with E-state index >= 15 is 4.39 Å². The molecule has 0 saturated carbocycles. The predicted octanol–water partition coefficient (Wildman–Crippen LogP) is 3.47. The van der Waals surface area contributed by atoms with Crippen LogP contribution in [-0.2, 0) is 4.74 Å². The highest BCUT2D eigenvalue weighted by molar-refractivity contribution is 6.31. The van der Waals surface area contributed by atoms with E-state index in [0.29, 0.717) is 29.3 Å². The summed E-state index contributed by atoms with van der Waals surface area (Å²) in [7, 11) is 1.52. The lowest BCUT2D eigenvalue weighted by Crippen LogP contribution is -2.24. The number of halogens is 3. The van der Waals surface area contributed by atoms with E-state index in [0.717, 1.165) is 0 Å². The Bertz CT molecular complexity index is 1740. The zero-order valence-corrected chi connectivity index (χ0v) is 20.4. The molecule has 4 aromatic heterocycles. The van der Waals surface area contributed by atoms with Gasteiger partial charge in [-0.25, -0.2) is 14.4 Å². The van der Waals surface area contributed by atoms with E-state index in [1.54, 1.807) is 12.1 Å². The lowest BCUT2D eigenvalue weighted by atomic mass is 10.0. The Hall–Kier alpha value is -4.49. The number of tetrazole rings is 1. The van der Waals surface area contributed by atoms with Crippen LogP contribution in [0, 0.1) is 11.8 Å². The minimum atomic E-state index is -0.745. The third-order valence-corrected chi connectivity index (χ3v) is 6.78. The number of H-pyrrole nitrogens is 1. The topological polar surface area (TPSA) is 142 Å². The molecule has 0 amide bonds. The van der Waals surface area contributed by atoms with Crippen molar-refractivity contribution in [1.29, 1.82) is 0 Å². The molecule has 1 aliphatic rings. The zero-order valence-electron chi connectivity index (χ0n) is 19.6. The summed E-state index contributed by atoms with van der Waals surface area (Å²) in [6, 6.07) is 8.37. The Morgan fingerprint density at radius 3 is 2.79 bits per heavy atom. The van der Waals surface area contributed by atoms with Crippen LogP contribution >= 0.6 is 11.6 Å². The number of methoxy groups -OCH3 is 1. The third-order valence-electron chi connectivity index (χ3n) is 6.49. The molecule has 0 radical (unpaired) electrons. The van der Waals surface area contributed by atoms with E-state index in [2.05, 4.69) is 30.5 Å². The smallest absolute Gasteiger partial charge is 0.252 e. The quantitative estimate of drug-likeness (QED) is 0.324. The maximum atomic E-state index is 15.4. The molecule has 3 N–H and O–H groups in total. The summed E-state index contributed by atoms with van der Waals surface area (Å²) in [5, 5.41) is 10.9. The van der Waals surface area contributed by atoms with Gasteiger partial charge in [0.2, 0.25) is 5.95 Å². The number of rotatable bonds is 5. The Morgan fingerprint density at radius 2 is 2.05 bits per heavy atom. The Morgan fingerprint density at radius 1 is 1.21 bits per heavy atom. The summed E-state index contributed by atoms with van der Waals surface area (Å²) in [5.74, 6) is -0.983. The monoisotopic (exact) mass is 537 g/mol. The predicted molar refractivity (Wildman–Crippen MR) is 133 cm³/mol. The number of fused-ring (bicyclic) bond motifs is 1. The molecule has 0 fully saturated rings. The first-order chi connectivity index (χ1) is 18.4. The van der Waals surface area contributed by atoms with Crippen LogP contribution in [0.1, 0.15) is 30.1 Å². The number of hydrogen-bond acceptors (Lipinski definition) is 8. The number of nitrogens with zero attached hydrogens (tertiary/aromatic N) is 7. The number of ether oxygens (including phenoxy) is 1. The van der Waals surface area contributed by atoms with Gasteiger partial charge >= 0.3 is 0 Å². The van der Waals surface area contributed by atoms with Crippen molar-refractivity contribution in [3.8, 4) is 28.1 Å². The molecule has 5 aromatic rings. The summed E-state index contributed by atoms with van der Waals surface area (Å²) in [6.07, 6.45) is 2.64. The highest BCUT2D eigenvalue weighted by Gasteiger charge is 2.35. The molecule has 0 aliphatic carbocycles. The summed E-state index contributed by atoms with van der Waals surface area (Å²) in [5.41, 5.74) is 6.87. The van der Waals surface area contributed by atoms with Crippen molar-refractivity contribution >= 4 is 17.4 Å². The third kappa shape index (κ3) is 3.83. The van der Waals surface area contributed by atoms with Crippen LogP contribution in [0.2, 0.25) is 5.02 Å². The fourth-order valence-corrected chi connectivity index (χ4v) is 4.93. The minimum Gasteiger partial charge on any atom is -0.384 e. The Labute approximate surface area is 217 Å². The van der Waals surface area contributed by atoms with Crippen molar-refractivity contribution < 1.29 is 13.5 Å². The number of benzene rings is 1. The highest BCUT2D eigenvalue weighted by atomic mass is 35.5. The average Bonchev–Trinajstić information content (AvgIpc) is 3.65. The molecular formula is C24H18ClF2N9O2. The van der Waals surface area contributed by atoms with Crippen molar-refractivity contribution in [2.24, 2.45) is 0 Å². The summed E-state index contributed by atoms with van der Waals surface area (Å²) < 4.78 is 38.2. The lowest BCUT2D eigenvalue weighted by molar-refractivity contribution is 0.102. The van der Waals surface area contributed by atoms with Gasteiger partial charge in [-0.3, -0.25) is 9.36 Å². The second-order valence-corrected chi connectivity index (χ2v) is 9.03. The maximum absolute atomic E-state index is 15.4. The average molecular weight is 538 g/mol. The number of nitrogen functional groups attached to an aromatic ring is 1. The van der Waals surface area contributed by atoms with Gasteiger partial charge in [0, 0.05) is 25.2 Å². The largest absolute Gasteiger partial charge is 0.384 e. The number of nitrogens with two attached hydrogens (primary N) is 1. The van der Waals surface area contributed by atoms with Crippen LogP contribution < -0.4 is 11.3 Å². The van der Waals surface area contributed by atoms with Crippen molar-refractivity contribution in [3.05, 3.63) is 87.6 Å².